The first-order valence-corrected chi connectivity index (χ1v) is 8.11. The third-order valence-electron chi connectivity index (χ3n) is 2.74. The Hall–Kier alpha value is -1.59. The molecule has 0 unspecified atom stereocenters. The Balaban J connectivity index is 2.21. The van der Waals surface area contributed by atoms with Crippen molar-refractivity contribution in [3.05, 3.63) is 58.9 Å². The number of sulfone groups is 1. The van der Waals surface area contributed by atoms with Gasteiger partial charge in [0.25, 0.3) is 0 Å². The molecule has 0 aromatic heterocycles. The molecule has 0 heterocycles. The minimum absolute atomic E-state index is 0.184. The lowest BCUT2D eigenvalue weighted by Gasteiger charge is -2.10. The van der Waals surface area contributed by atoms with Gasteiger partial charge in [-0.05, 0) is 35.9 Å². The Labute approximate surface area is 122 Å². The summed E-state index contributed by atoms with van der Waals surface area (Å²) in [6, 6.07) is 10.6. The lowest BCUT2D eigenvalue weighted by atomic mass is 10.2. The van der Waals surface area contributed by atoms with Gasteiger partial charge in [-0.15, -0.1) is 0 Å². The van der Waals surface area contributed by atoms with E-state index >= 15 is 0 Å². The van der Waals surface area contributed by atoms with Crippen LogP contribution in [0.3, 0.4) is 0 Å². The van der Waals surface area contributed by atoms with Crippen molar-refractivity contribution < 1.29 is 12.8 Å². The third-order valence-corrected chi connectivity index (χ3v) is 4.18. The van der Waals surface area contributed by atoms with E-state index in [9.17, 15) is 12.8 Å². The predicted molar refractivity (Wildman–Crippen MR) is 78.3 cm³/mol. The molecule has 20 heavy (non-hydrogen) atoms. The van der Waals surface area contributed by atoms with Gasteiger partial charge in [0, 0.05) is 12.8 Å². The van der Waals surface area contributed by atoms with Crippen molar-refractivity contribution in [1.29, 1.82) is 0 Å². The molecule has 0 aliphatic rings. The van der Waals surface area contributed by atoms with Gasteiger partial charge in [0.2, 0.25) is 0 Å². The van der Waals surface area contributed by atoms with Crippen LogP contribution >= 0.6 is 11.6 Å². The van der Waals surface area contributed by atoms with Crippen molar-refractivity contribution in [3.8, 4) is 0 Å². The summed E-state index contributed by atoms with van der Waals surface area (Å²) in [4.78, 5) is 0.184. The second-order valence-corrected chi connectivity index (χ2v) is 6.82. The van der Waals surface area contributed by atoms with Gasteiger partial charge in [-0.2, -0.15) is 0 Å². The zero-order valence-corrected chi connectivity index (χ0v) is 12.3. The van der Waals surface area contributed by atoms with Crippen LogP contribution in [0.4, 0.5) is 10.1 Å². The molecular weight excluding hydrogens is 301 g/mol. The Morgan fingerprint density at radius 3 is 2.60 bits per heavy atom. The molecule has 0 aliphatic heterocycles. The Morgan fingerprint density at radius 2 is 1.95 bits per heavy atom. The molecule has 0 bridgehead atoms. The zero-order chi connectivity index (χ0) is 14.8. The monoisotopic (exact) mass is 313 g/mol. The van der Waals surface area contributed by atoms with Crippen molar-refractivity contribution in [3.63, 3.8) is 0 Å². The van der Waals surface area contributed by atoms with E-state index in [1.165, 1.54) is 30.3 Å². The maximum atomic E-state index is 13.1. The van der Waals surface area contributed by atoms with Crippen molar-refractivity contribution in [1.82, 2.24) is 0 Å². The summed E-state index contributed by atoms with van der Waals surface area (Å²) in [7, 11) is -3.29. The van der Waals surface area contributed by atoms with E-state index in [0.29, 0.717) is 17.3 Å². The quantitative estimate of drug-likeness (QED) is 0.939. The summed E-state index contributed by atoms with van der Waals surface area (Å²) in [6.07, 6.45) is 1.13. The van der Waals surface area contributed by atoms with Crippen LogP contribution in [0, 0.1) is 5.82 Å². The molecule has 1 N–H and O–H groups in total. The van der Waals surface area contributed by atoms with Crippen LogP contribution in [0.1, 0.15) is 5.56 Å². The van der Waals surface area contributed by atoms with Crippen LogP contribution in [0.5, 0.6) is 0 Å². The molecule has 106 valence electrons. The second kappa shape index (κ2) is 5.81. The normalized spacial score (nSPS) is 11.3. The van der Waals surface area contributed by atoms with E-state index in [1.807, 2.05) is 0 Å². The fourth-order valence-electron chi connectivity index (χ4n) is 1.71. The highest BCUT2D eigenvalue weighted by Crippen LogP contribution is 2.25. The maximum Gasteiger partial charge on any atom is 0.175 e. The minimum atomic E-state index is -3.29. The molecule has 0 amide bonds. The SMILES string of the molecule is CS(=O)(=O)c1ccc(Cl)c(NCc2cccc(F)c2)c1. The lowest BCUT2D eigenvalue weighted by molar-refractivity contribution is 0.602. The molecule has 2 rings (SSSR count). The van der Waals surface area contributed by atoms with Crippen LogP contribution < -0.4 is 5.32 Å². The van der Waals surface area contributed by atoms with Crippen LogP contribution in [0.15, 0.2) is 47.4 Å². The molecule has 2 aromatic rings. The number of nitrogens with one attached hydrogen (secondary N) is 1. The molecule has 0 fully saturated rings. The number of benzene rings is 2. The summed E-state index contributed by atoms with van der Waals surface area (Å²) >= 11 is 6.01. The molecule has 0 saturated heterocycles. The van der Waals surface area contributed by atoms with Crippen molar-refractivity contribution in [2.75, 3.05) is 11.6 Å². The number of hydrogen-bond donors (Lipinski definition) is 1. The van der Waals surface area contributed by atoms with E-state index in [-0.39, 0.29) is 10.7 Å². The summed E-state index contributed by atoms with van der Waals surface area (Å²) in [5, 5.41) is 3.42. The largest absolute Gasteiger partial charge is 0.380 e. The van der Waals surface area contributed by atoms with Gasteiger partial charge >= 0.3 is 0 Å². The molecular formula is C14H13ClFNO2S. The van der Waals surface area contributed by atoms with E-state index in [1.54, 1.807) is 12.1 Å². The first-order chi connectivity index (χ1) is 9.36. The number of anilines is 1. The molecule has 0 spiro atoms. The molecule has 6 heteroatoms. The third kappa shape index (κ3) is 3.71. The smallest absolute Gasteiger partial charge is 0.175 e. The standard InChI is InChI=1S/C14H13ClFNO2S/c1-20(18,19)12-5-6-13(15)14(8-12)17-9-10-3-2-4-11(16)7-10/h2-8,17H,9H2,1H3. The van der Waals surface area contributed by atoms with Gasteiger partial charge in [0.15, 0.2) is 9.84 Å². The fraction of sp³-hybridized carbons (Fsp3) is 0.143. The van der Waals surface area contributed by atoms with Gasteiger partial charge in [0.1, 0.15) is 5.82 Å². The molecule has 0 atom stereocenters. The highest BCUT2D eigenvalue weighted by atomic mass is 35.5. The average Bonchev–Trinajstić information content (AvgIpc) is 2.36. The second-order valence-electron chi connectivity index (χ2n) is 4.40. The first-order valence-electron chi connectivity index (χ1n) is 5.84. The minimum Gasteiger partial charge on any atom is -0.380 e. The summed E-state index contributed by atoms with van der Waals surface area (Å²) in [6.45, 7) is 0.352. The van der Waals surface area contributed by atoms with Gasteiger partial charge < -0.3 is 5.32 Å². The van der Waals surface area contributed by atoms with Gasteiger partial charge in [-0.1, -0.05) is 23.7 Å². The average molecular weight is 314 g/mol. The molecule has 3 nitrogen and oxygen atoms in total. The van der Waals surface area contributed by atoms with E-state index in [4.69, 9.17) is 11.6 Å². The van der Waals surface area contributed by atoms with E-state index in [0.717, 1.165) is 11.8 Å². The zero-order valence-electron chi connectivity index (χ0n) is 10.7. The number of halogens is 2. The van der Waals surface area contributed by atoms with E-state index in [2.05, 4.69) is 5.32 Å². The topological polar surface area (TPSA) is 46.2 Å². The summed E-state index contributed by atoms with van der Waals surface area (Å²) in [5.41, 5.74) is 1.24. The lowest BCUT2D eigenvalue weighted by Crippen LogP contribution is -2.03. The van der Waals surface area contributed by atoms with Crippen LogP contribution in [0.25, 0.3) is 0 Å². The Morgan fingerprint density at radius 1 is 1.20 bits per heavy atom. The van der Waals surface area contributed by atoms with Gasteiger partial charge in [-0.3, -0.25) is 0 Å². The molecule has 0 radical (unpaired) electrons. The van der Waals surface area contributed by atoms with Crippen molar-refractivity contribution in [2.45, 2.75) is 11.4 Å². The van der Waals surface area contributed by atoms with Crippen molar-refractivity contribution in [2.24, 2.45) is 0 Å². The molecule has 0 aliphatic carbocycles. The number of hydrogen-bond acceptors (Lipinski definition) is 3. The summed E-state index contributed by atoms with van der Waals surface area (Å²) < 4.78 is 36.0. The number of rotatable bonds is 4. The molecule has 0 saturated carbocycles. The van der Waals surface area contributed by atoms with Gasteiger partial charge in [-0.25, -0.2) is 12.8 Å². The van der Waals surface area contributed by atoms with E-state index < -0.39 is 9.84 Å². The van der Waals surface area contributed by atoms with Crippen LogP contribution in [-0.4, -0.2) is 14.7 Å². The summed E-state index contributed by atoms with van der Waals surface area (Å²) in [5.74, 6) is -0.319. The molecule has 2 aromatic carbocycles. The van der Waals surface area contributed by atoms with Crippen LogP contribution in [-0.2, 0) is 16.4 Å². The highest BCUT2D eigenvalue weighted by molar-refractivity contribution is 7.90. The Bertz CT molecular complexity index is 732. The van der Waals surface area contributed by atoms with Gasteiger partial charge in [0.05, 0.1) is 15.6 Å². The highest BCUT2D eigenvalue weighted by Gasteiger charge is 2.10. The fourth-order valence-corrected chi connectivity index (χ4v) is 2.55. The van der Waals surface area contributed by atoms with Crippen LogP contribution in [0.2, 0.25) is 5.02 Å². The maximum absolute atomic E-state index is 13.1. The van der Waals surface area contributed by atoms with Crippen molar-refractivity contribution >= 4 is 27.1 Å². The first kappa shape index (κ1) is 14.8. The predicted octanol–water partition coefficient (Wildman–Crippen LogP) is 3.49. The Kier molecular flexibility index (Phi) is 4.30.